The molecule has 0 aliphatic rings. The van der Waals surface area contributed by atoms with Crippen molar-refractivity contribution in [3.8, 4) is 10.6 Å². The number of aryl methyl sites for hydroxylation is 1. The molecule has 0 radical (unpaired) electrons. The third-order valence-electron chi connectivity index (χ3n) is 2.17. The molecule has 0 spiro atoms. The van der Waals surface area contributed by atoms with Crippen molar-refractivity contribution in [3.63, 3.8) is 0 Å². The lowest BCUT2D eigenvalue weighted by atomic mass is 10.3. The minimum atomic E-state index is 0.674. The average Bonchev–Trinajstić information content (AvgIpc) is 2.86. The van der Waals surface area contributed by atoms with Crippen molar-refractivity contribution < 1.29 is 0 Å². The second-order valence-corrected chi connectivity index (χ2v) is 6.79. The van der Waals surface area contributed by atoms with E-state index in [9.17, 15) is 0 Å². The summed E-state index contributed by atoms with van der Waals surface area (Å²) in [5, 5.41) is 13.3. The molecule has 0 aliphatic heterocycles. The smallest absolute Gasteiger partial charge is 0.150 e. The van der Waals surface area contributed by atoms with Crippen molar-refractivity contribution in [2.24, 2.45) is 0 Å². The normalized spacial score (nSPS) is 11.0. The lowest BCUT2D eigenvalue weighted by Gasteiger charge is -1.94. The van der Waals surface area contributed by atoms with E-state index in [0.717, 1.165) is 35.0 Å². The van der Waals surface area contributed by atoms with E-state index in [1.54, 1.807) is 11.3 Å². The number of rotatable bonds is 5. The molecular formula is C10H11Cl2N3S2. The highest BCUT2D eigenvalue weighted by atomic mass is 35.5. The molecule has 0 unspecified atom stereocenters. The first-order valence-electron chi connectivity index (χ1n) is 5.13. The zero-order valence-electron chi connectivity index (χ0n) is 9.17. The van der Waals surface area contributed by atoms with E-state index < -0.39 is 0 Å². The fourth-order valence-corrected chi connectivity index (χ4v) is 3.86. The highest BCUT2D eigenvalue weighted by Gasteiger charge is 2.13. The molecule has 0 amide bonds. The van der Waals surface area contributed by atoms with Crippen LogP contribution in [0.25, 0.3) is 10.6 Å². The first kappa shape index (κ1) is 13.2. The Kier molecular flexibility index (Phi) is 4.76. The van der Waals surface area contributed by atoms with Gasteiger partial charge < -0.3 is 5.32 Å². The maximum Gasteiger partial charge on any atom is 0.150 e. The lowest BCUT2D eigenvalue weighted by molar-refractivity contribution is 0.718. The monoisotopic (exact) mass is 307 g/mol. The van der Waals surface area contributed by atoms with Crippen LogP contribution < -0.4 is 5.32 Å². The summed E-state index contributed by atoms with van der Waals surface area (Å²) < 4.78 is 1.35. The van der Waals surface area contributed by atoms with Gasteiger partial charge in [0.1, 0.15) is 14.4 Å². The Bertz CT molecular complexity index is 495. The summed E-state index contributed by atoms with van der Waals surface area (Å²) in [5.41, 5.74) is 0.888. The van der Waals surface area contributed by atoms with Gasteiger partial charge in [-0.05, 0) is 26.1 Å². The third kappa shape index (κ3) is 3.39. The van der Waals surface area contributed by atoms with Gasteiger partial charge >= 0.3 is 0 Å². The fourth-order valence-electron chi connectivity index (χ4n) is 1.37. The van der Waals surface area contributed by atoms with Gasteiger partial charge in [-0.15, -0.1) is 21.5 Å². The quantitative estimate of drug-likeness (QED) is 0.855. The summed E-state index contributed by atoms with van der Waals surface area (Å²) in [6, 6.07) is 1.84. The minimum absolute atomic E-state index is 0.674. The molecular weight excluding hydrogens is 297 g/mol. The maximum atomic E-state index is 6.08. The first-order chi connectivity index (χ1) is 8.20. The molecule has 92 valence electrons. The van der Waals surface area contributed by atoms with Gasteiger partial charge in [0.15, 0.2) is 0 Å². The molecule has 0 aliphatic carbocycles. The second-order valence-electron chi connectivity index (χ2n) is 3.45. The van der Waals surface area contributed by atoms with Crippen molar-refractivity contribution in [1.29, 1.82) is 0 Å². The van der Waals surface area contributed by atoms with Gasteiger partial charge in [0.05, 0.1) is 4.34 Å². The van der Waals surface area contributed by atoms with Gasteiger partial charge in [-0.25, -0.2) is 0 Å². The zero-order valence-corrected chi connectivity index (χ0v) is 12.3. The van der Waals surface area contributed by atoms with Crippen LogP contribution in [0.1, 0.15) is 11.4 Å². The number of halogens is 2. The Balaban J connectivity index is 2.10. The topological polar surface area (TPSA) is 37.8 Å². The van der Waals surface area contributed by atoms with Gasteiger partial charge in [0.25, 0.3) is 0 Å². The van der Waals surface area contributed by atoms with E-state index in [0.29, 0.717) is 8.67 Å². The summed E-state index contributed by atoms with van der Waals surface area (Å²) in [4.78, 5) is 0. The van der Waals surface area contributed by atoms with Crippen LogP contribution in [-0.2, 0) is 6.42 Å². The van der Waals surface area contributed by atoms with E-state index in [1.807, 2.05) is 13.1 Å². The molecule has 7 heteroatoms. The predicted octanol–water partition coefficient (Wildman–Crippen LogP) is 3.73. The molecule has 0 fully saturated rings. The van der Waals surface area contributed by atoms with Crippen LogP contribution in [0, 0.1) is 0 Å². The van der Waals surface area contributed by atoms with Crippen LogP contribution in [0.3, 0.4) is 0 Å². The standard InChI is InChI=1S/C10H11Cl2N3S2/c1-13-4-2-3-8-14-15-10(17-8)6-5-7(11)16-9(6)12/h5,13H,2-4H2,1H3. The van der Waals surface area contributed by atoms with Crippen molar-refractivity contribution in [3.05, 3.63) is 19.7 Å². The number of nitrogens with one attached hydrogen (secondary N) is 1. The van der Waals surface area contributed by atoms with Gasteiger partial charge in [-0.2, -0.15) is 0 Å². The third-order valence-corrected chi connectivity index (χ3v) is 4.68. The molecule has 1 N–H and O–H groups in total. The number of nitrogens with zero attached hydrogens (tertiary/aromatic N) is 2. The zero-order chi connectivity index (χ0) is 12.3. The maximum absolute atomic E-state index is 6.08. The minimum Gasteiger partial charge on any atom is -0.320 e. The van der Waals surface area contributed by atoms with Crippen LogP contribution >= 0.6 is 45.9 Å². The first-order valence-corrected chi connectivity index (χ1v) is 7.52. The molecule has 17 heavy (non-hydrogen) atoms. The van der Waals surface area contributed by atoms with E-state index in [2.05, 4.69) is 15.5 Å². The predicted molar refractivity (Wildman–Crippen MR) is 75.5 cm³/mol. The van der Waals surface area contributed by atoms with E-state index in [-0.39, 0.29) is 0 Å². The molecule has 3 nitrogen and oxygen atoms in total. The van der Waals surface area contributed by atoms with Gasteiger partial charge in [-0.1, -0.05) is 34.5 Å². The lowest BCUT2D eigenvalue weighted by Crippen LogP contribution is -2.08. The SMILES string of the molecule is CNCCCc1nnc(-c2cc(Cl)sc2Cl)s1. The molecule has 2 aromatic heterocycles. The molecule has 0 atom stereocenters. The highest BCUT2D eigenvalue weighted by Crippen LogP contribution is 2.39. The average molecular weight is 308 g/mol. The van der Waals surface area contributed by atoms with Crippen LogP contribution in [0.4, 0.5) is 0 Å². The summed E-state index contributed by atoms with van der Waals surface area (Å²) >= 11 is 14.9. The largest absolute Gasteiger partial charge is 0.320 e. The molecule has 2 heterocycles. The van der Waals surface area contributed by atoms with Crippen molar-refractivity contribution >= 4 is 45.9 Å². The second kappa shape index (κ2) is 6.11. The Labute approximate surface area is 118 Å². The molecule has 0 saturated carbocycles. The van der Waals surface area contributed by atoms with Gasteiger partial charge in [0, 0.05) is 12.0 Å². The molecule has 0 saturated heterocycles. The van der Waals surface area contributed by atoms with Crippen LogP contribution in [0.5, 0.6) is 0 Å². The Hall–Kier alpha value is -0.200. The number of hydrogen-bond acceptors (Lipinski definition) is 5. The Morgan fingerprint density at radius 1 is 1.29 bits per heavy atom. The molecule has 2 aromatic rings. The number of hydrogen-bond donors (Lipinski definition) is 1. The molecule has 0 aromatic carbocycles. The summed E-state index contributed by atoms with van der Waals surface area (Å²) in [5.74, 6) is 0. The van der Waals surface area contributed by atoms with Crippen molar-refractivity contribution in [1.82, 2.24) is 15.5 Å². The van der Waals surface area contributed by atoms with Crippen molar-refractivity contribution in [2.75, 3.05) is 13.6 Å². The Morgan fingerprint density at radius 3 is 2.76 bits per heavy atom. The van der Waals surface area contributed by atoms with E-state index in [1.165, 1.54) is 11.3 Å². The van der Waals surface area contributed by atoms with Crippen LogP contribution in [0.15, 0.2) is 6.07 Å². The van der Waals surface area contributed by atoms with E-state index >= 15 is 0 Å². The van der Waals surface area contributed by atoms with Crippen molar-refractivity contribution in [2.45, 2.75) is 12.8 Å². The fraction of sp³-hybridized carbons (Fsp3) is 0.400. The van der Waals surface area contributed by atoms with E-state index in [4.69, 9.17) is 23.2 Å². The van der Waals surface area contributed by atoms with Crippen LogP contribution in [-0.4, -0.2) is 23.8 Å². The number of aromatic nitrogens is 2. The Morgan fingerprint density at radius 2 is 2.12 bits per heavy atom. The molecule has 2 rings (SSSR count). The van der Waals surface area contributed by atoms with Gasteiger partial charge in [-0.3, -0.25) is 0 Å². The van der Waals surface area contributed by atoms with Crippen LogP contribution in [0.2, 0.25) is 8.67 Å². The number of thiophene rings is 1. The van der Waals surface area contributed by atoms with Gasteiger partial charge in [0.2, 0.25) is 0 Å². The highest BCUT2D eigenvalue weighted by molar-refractivity contribution is 7.21. The summed E-state index contributed by atoms with van der Waals surface area (Å²) in [6.45, 7) is 0.986. The molecule has 0 bridgehead atoms. The summed E-state index contributed by atoms with van der Waals surface area (Å²) in [6.07, 6.45) is 2.00. The summed E-state index contributed by atoms with van der Waals surface area (Å²) in [7, 11) is 1.94.